The fraction of sp³-hybridized carbons (Fsp3) is 0.136. The van der Waals surface area contributed by atoms with Crippen LogP contribution in [0.5, 0.6) is 5.75 Å². The Morgan fingerprint density at radius 3 is 2.29 bits per heavy atom. The number of aryl methyl sites for hydroxylation is 1. The van der Waals surface area contributed by atoms with E-state index in [1.807, 2.05) is 6.92 Å². The lowest BCUT2D eigenvalue weighted by Crippen LogP contribution is -2.38. The molecule has 0 bridgehead atoms. The molecule has 0 aliphatic carbocycles. The summed E-state index contributed by atoms with van der Waals surface area (Å²) in [5.41, 5.74) is 1.62. The van der Waals surface area contributed by atoms with Gasteiger partial charge in [0.1, 0.15) is 18.1 Å². The number of amides is 1. The number of anilines is 2. The smallest absolute Gasteiger partial charge is 0.264 e. The van der Waals surface area contributed by atoms with E-state index in [1.165, 1.54) is 43.5 Å². The Balaban J connectivity index is 1.92. The minimum Gasteiger partial charge on any atom is -0.497 e. The average Bonchev–Trinajstić information content (AvgIpc) is 2.75. The second kappa shape index (κ2) is 9.49. The molecule has 3 rings (SSSR count). The van der Waals surface area contributed by atoms with Crippen LogP contribution >= 0.6 is 15.9 Å². The van der Waals surface area contributed by atoms with E-state index in [2.05, 4.69) is 21.2 Å². The van der Waals surface area contributed by atoms with E-state index < -0.39 is 28.3 Å². The molecule has 0 radical (unpaired) electrons. The number of hydrogen-bond donors (Lipinski definition) is 1. The summed E-state index contributed by atoms with van der Waals surface area (Å²) in [5, 5.41) is 2.70. The van der Waals surface area contributed by atoms with Gasteiger partial charge in [-0.3, -0.25) is 9.10 Å². The third-order valence-electron chi connectivity index (χ3n) is 4.49. The molecule has 3 aromatic carbocycles. The highest BCUT2D eigenvalue weighted by Gasteiger charge is 2.27. The highest BCUT2D eigenvalue weighted by Crippen LogP contribution is 2.26. The summed E-state index contributed by atoms with van der Waals surface area (Å²) in [5.74, 6) is -0.556. The zero-order valence-electron chi connectivity index (χ0n) is 16.8. The quantitative estimate of drug-likeness (QED) is 0.502. The maximum atomic E-state index is 13.4. The SMILES string of the molecule is COc1ccc(S(=O)(=O)N(CC(=O)Nc2ccc(Br)c(C)c2)c2ccc(F)cc2)cc1. The van der Waals surface area contributed by atoms with Gasteiger partial charge in [-0.25, -0.2) is 12.8 Å². The van der Waals surface area contributed by atoms with Crippen molar-refractivity contribution in [2.24, 2.45) is 0 Å². The topological polar surface area (TPSA) is 75.7 Å². The summed E-state index contributed by atoms with van der Waals surface area (Å²) >= 11 is 3.39. The van der Waals surface area contributed by atoms with Gasteiger partial charge in [0.25, 0.3) is 10.0 Å². The molecule has 9 heteroatoms. The normalized spacial score (nSPS) is 11.1. The summed E-state index contributed by atoms with van der Waals surface area (Å²) in [7, 11) is -2.63. The van der Waals surface area contributed by atoms with Crippen LogP contribution in [-0.2, 0) is 14.8 Å². The number of carbonyl (C=O) groups is 1. The predicted octanol–water partition coefficient (Wildman–Crippen LogP) is 4.74. The molecule has 0 unspecified atom stereocenters. The molecule has 1 amide bonds. The van der Waals surface area contributed by atoms with Gasteiger partial charge in [0.15, 0.2) is 0 Å². The Kier molecular flexibility index (Phi) is 6.97. The van der Waals surface area contributed by atoms with Crippen LogP contribution in [0, 0.1) is 12.7 Å². The van der Waals surface area contributed by atoms with Crippen molar-refractivity contribution in [1.29, 1.82) is 0 Å². The number of methoxy groups -OCH3 is 1. The fourth-order valence-electron chi connectivity index (χ4n) is 2.85. The molecule has 162 valence electrons. The summed E-state index contributed by atoms with van der Waals surface area (Å²) in [6.07, 6.45) is 0. The van der Waals surface area contributed by atoms with Crippen LogP contribution in [0.3, 0.4) is 0 Å². The number of carbonyl (C=O) groups excluding carboxylic acids is 1. The van der Waals surface area contributed by atoms with E-state index in [0.717, 1.165) is 26.5 Å². The van der Waals surface area contributed by atoms with Crippen molar-refractivity contribution in [3.05, 3.63) is 82.6 Å². The number of ether oxygens (including phenoxy) is 1. The molecule has 0 saturated carbocycles. The largest absolute Gasteiger partial charge is 0.497 e. The molecule has 0 atom stereocenters. The first-order chi connectivity index (χ1) is 14.7. The molecule has 0 aliphatic heterocycles. The maximum absolute atomic E-state index is 13.4. The van der Waals surface area contributed by atoms with E-state index in [9.17, 15) is 17.6 Å². The molecule has 1 N–H and O–H groups in total. The Morgan fingerprint density at radius 1 is 1.06 bits per heavy atom. The van der Waals surface area contributed by atoms with E-state index in [4.69, 9.17) is 4.74 Å². The van der Waals surface area contributed by atoms with Gasteiger partial charge < -0.3 is 10.1 Å². The van der Waals surface area contributed by atoms with E-state index >= 15 is 0 Å². The molecule has 3 aromatic rings. The van der Waals surface area contributed by atoms with Crippen molar-refractivity contribution in [2.45, 2.75) is 11.8 Å². The molecular formula is C22H20BrFN2O4S. The van der Waals surface area contributed by atoms with Crippen molar-refractivity contribution >= 4 is 43.2 Å². The van der Waals surface area contributed by atoms with Gasteiger partial charge in [0.05, 0.1) is 17.7 Å². The van der Waals surface area contributed by atoms with Crippen molar-refractivity contribution in [3.8, 4) is 5.75 Å². The molecule has 0 saturated heterocycles. The number of hydrogen-bond acceptors (Lipinski definition) is 4. The minimum absolute atomic E-state index is 0.0232. The molecular weight excluding hydrogens is 487 g/mol. The monoisotopic (exact) mass is 506 g/mol. The first kappa shape index (κ1) is 22.8. The lowest BCUT2D eigenvalue weighted by Gasteiger charge is -2.24. The van der Waals surface area contributed by atoms with Gasteiger partial charge in [-0.05, 0) is 79.2 Å². The summed E-state index contributed by atoms with van der Waals surface area (Å²) < 4.78 is 46.9. The van der Waals surface area contributed by atoms with Crippen LogP contribution in [-0.4, -0.2) is 28.0 Å². The highest BCUT2D eigenvalue weighted by molar-refractivity contribution is 9.10. The van der Waals surface area contributed by atoms with Crippen molar-refractivity contribution in [1.82, 2.24) is 0 Å². The van der Waals surface area contributed by atoms with E-state index in [0.29, 0.717) is 11.4 Å². The van der Waals surface area contributed by atoms with Crippen LogP contribution < -0.4 is 14.4 Å². The molecule has 6 nitrogen and oxygen atoms in total. The van der Waals surface area contributed by atoms with Gasteiger partial charge in [0.2, 0.25) is 5.91 Å². The van der Waals surface area contributed by atoms with Gasteiger partial charge in [-0.2, -0.15) is 0 Å². The van der Waals surface area contributed by atoms with Gasteiger partial charge in [-0.1, -0.05) is 15.9 Å². The zero-order chi connectivity index (χ0) is 22.6. The van der Waals surface area contributed by atoms with Crippen LogP contribution in [0.2, 0.25) is 0 Å². The Morgan fingerprint density at radius 2 is 1.71 bits per heavy atom. The highest BCUT2D eigenvalue weighted by atomic mass is 79.9. The lowest BCUT2D eigenvalue weighted by atomic mass is 10.2. The molecule has 0 heterocycles. The van der Waals surface area contributed by atoms with Gasteiger partial charge in [-0.15, -0.1) is 0 Å². The Bertz CT molecular complexity index is 1180. The molecule has 0 aliphatic rings. The average molecular weight is 507 g/mol. The molecule has 0 fully saturated rings. The lowest BCUT2D eigenvalue weighted by molar-refractivity contribution is -0.114. The van der Waals surface area contributed by atoms with Crippen LogP contribution in [0.15, 0.2) is 76.1 Å². The van der Waals surface area contributed by atoms with Crippen LogP contribution in [0.25, 0.3) is 0 Å². The number of sulfonamides is 1. The summed E-state index contributed by atoms with van der Waals surface area (Å²) in [4.78, 5) is 12.7. The Hall–Kier alpha value is -2.91. The van der Waals surface area contributed by atoms with Crippen LogP contribution in [0.1, 0.15) is 5.56 Å². The molecule has 0 spiro atoms. The standard InChI is InChI=1S/C22H20BrFN2O4S/c1-15-13-17(5-12-21(15)23)25-22(27)14-26(18-6-3-16(24)4-7-18)31(28,29)20-10-8-19(30-2)9-11-20/h3-13H,14H2,1-2H3,(H,25,27). The number of nitrogens with zero attached hydrogens (tertiary/aromatic N) is 1. The van der Waals surface area contributed by atoms with Crippen LogP contribution in [0.4, 0.5) is 15.8 Å². The fourth-order valence-corrected chi connectivity index (χ4v) is 4.52. The van der Waals surface area contributed by atoms with E-state index in [-0.39, 0.29) is 10.6 Å². The van der Waals surface area contributed by atoms with E-state index in [1.54, 1.807) is 18.2 Å². The first-order valence-electron chi connectivity index (χ1n) is 9.19. The zero-order valence-corrected chi connectivity index (χ0v) is 19.2. The number of benzene rings is 3. The minimum atomic E-state index is -4.11. The second-order valence-corrected chi connectivity index (χ2v) is 9.39. The number of halogens is 2. The predicted molar refractivity (Wildman–Crippen MR) is 121 cm³/mol. The Labute approximate surface area is 188 Å². The third kappa shape index (κ3) is 5.42. The van der Waals surface area contributed by atoms with Gasteiger partial charge >= 0.3 is 0 Å². The van der Waals surface area contributed by atoms with Crippen molar-refractivity contribution in [3.63, 3.8) is 0 Å². The molecule has 0 aromatic heterocycles. The first-order valence-corrected chi connectivity index (χ1v) is 11.4. The van der Waals surface area contributed by atoms with Crippen molar-refractivity contribution < 1.29 is 22.3 Å². The number of nitrogens with one attached hydrogen (secondary N) is 1. The van der Waals surface area contributed by atoms with Crippen molar-refractivity contribution in [2.75, 3.05) is 23.3 Å². The summed E-state index contributed by atoms with van der Waals surface area (Å²) in [6.45, 7) is 1.38. The maximum Gasteiger partial charge on any atom is 0.264 e. The molecule has 31 heavy (non-hydrogen) atoms. The number of rotatable bonds is 7. The third-order valence-corrected chi connectivity index (χ3v) is 7.17. The van der Waals surface area contributed by atoms with Gasteiger partial charge in [0, 0.05) is 10.2 Å². The second-order valence-electron chi connectivity index (χ2n) is 6.68. The summed E-state index contributed by atoms with van der Waals surface area (Å²) in [6, 6.07) is 16.0.